The predicted octanol–water partition coefficient (Wildman–Crippen LogP) is 1.28. The summed E-state index contributed by atoms with van der Waals surface area (Å²) >= 11 is 0. The molecule has 0 aromatic heterocycles. The van der Waals surface area contributed by atoms with Gasteiger partial charge in [-0.25, -0.2) is 0 Å². The fourth-order valence-electron chi connectivity index (χ4n) is 1.89. The molecular formula is C11H16N2O. The lowest BCUT2D eigenvalue weighted by Gasteiger charge is -2.14. The second kappa shape index (κ2) is 3.98. The van der Waals surface area contributed by atoms with Crippen LogP contribution in [-0.2, 0) is 0 Å². The molecule has 3 heteroatoms. The van der Waals surface area contributed by atoms with Crippen molar-refractivity contribution in [2.45, 2.75) is 18.9 Å². The minimum absolute atomic E-state index is 0.474. The van der Waals surface area contributed by atoms with Crippen molar-refractivity contribution in [3.8, 4) is 5.75 Å². The number of benzene rings is 1. The Bertz CT molecular complexity index is 314. The van der Waals surface area contributed by atoms with Crippen LogP contribution in [0.2, 0.25) is 0 Å². The molecule has 1 aliphatic rings. The van der Waals surface area contributed by atoms with E-state index in [1.165, 1.54) is 5.56 Å². The largest absolute Gasteiger partial charge is 0.497 e. The fourth-order valence-corrected chi connectivity index (χ4v) is 1.89. The highest BCUT2D eigenvalue weighted by molar-refractivity contribution is 5.32. The van der Waals surface area contributed by atoms with E-state index in [0.717, 1.165) is 12.3 Å². The molecule has 1 fully saturated rings. The van der Waals surface area contributed by atoms with E-state index in [2.05, 4.69) is 29.9 Å². The molecule has 1 aromatic rings. The first kappa shape index (κ1) is 9.49. The molecule has 14 heavy (non-hydrogen) atoms. The second-order valence-electron chi connectivity index (χ2n) is 3.70. The highest BCUT2D eigenvalue weighted by Crippen LogP contribution is 2.24. The molecule has 1 saturated heterocycles. The van der Waals surface area contributed by atoms with Gasteiger partial charge in [0.2, 0.25) is 0 Å². The topological polar surface area (TPSA) is 33.3 Å². The molecule has 2 atom stereocenters. The van der Waals surface area contributed by atoms with Crippen molar-refractivity contribution in [3.05, 3.63) is 29.8 Å². The summed E-state index contributed by atoms with van der Waals surface area (Å²) in [5.74, 6) is 1.46. The Balaban J connectivity index is 2.22. The number of methoxy groups -OCH3 is 1. The van der Waals surface area contributed by atoms with E-state index in [-0.39, 0.29) is 0 Å². The Morgan fingerprint density at radius 3 is 2.93 bits per heavy atom. The van der Waals surface area contributed by atoms with Crippen molar-refractivity contribution in [3.63, 3.8) is 0 Å². The predicted molar refractivity (Wildman–Crippen MR) is 56.3 cm³/mol. The van der Waals surface area contributed by atoms with E-state index in [4.69, 9.17) is 4.74 Å². The molecule has 0 amide bonds. The molecular weight excluding hydrogens is 176 g/mol. The highest BCUT2D eigenvalue weighted by atomic mass is 16.5. The number of hydrazine groups is 1. The third-order valence-corrected chi connectivity index (χ3v) is 2.78. The number of hydrogen-bond acceptors (Lipinski definition) is 3. The number of nitrogens with one attached hydrogen (secondary N) is 2. The standard InChI is InChI=1S/C11H16N2O/c1-8-11(7-12-13-8)9-4-3-5-10(6-9)14-2/h3-6,8,11-13H,7H2,1-2H3. The van der Waals surface area contributed by atoms with E-state index < -0.39 is 0 Å². The van der Waals surface area contributed by atoms with Crippen LogP contribution in [0.1, 0.15) is 18.4 Å². The first-order valence-electron chi connectivity index (χ1n) is 4.93. The molecule has 2 N–H and O–H groups in total. The molecule has 2 unspecified atom stereocenters. The van der Waals surface area contributed by atoms with Gasteiger partial charge >= 0.3 is 0 Å². The van der Waals surface area contributed by atoms with E-state index in [9.17, 15) is 0 Å². The Kier molecular flexibility index (Phi) is 2.70. The number of ether oxygens (including phenoxy) is 1. The average Bonchev–Trinajstić information content (AvgIpc) is 2.65. The molecule has 1 heterocycles. The molecule has 1 aliphatic heterocycles. The minimum Gasteiger partial charge on any atom is -0.497 e. The first-order valence-corrected chi connectivity index (χ1v) is 4.93. The van der Waals surface area contributed by atoms with Crippen LogP contribution in [-0.4, -0.2) is 19.7 Å². The minimum atomic E-state index is 0.474. The molecule has 76 valence electrons. The molecule has 2 rings (SSSR count). The van der Waals surface area contributed by atoms with Crippen molar-refractivity contribution in [1.29, 1.82) is 0 Å². The van der Waals surface area contributed by atoms with E-state index in [1.54, 1.807) is 7.11 Å². The zero-order valence-corrected chi connectivity index (χ0v) is 8.58. The van der Waals surface area contributed by atoms with Crippen LogP contribution in [0.25, 0.3) is 0 Å². The van der Waals surface area contributed by atoms with Gasteiger partial charge in [-0.15, -0.1) is 0 Å². The van der Waals surface area contributed by atoms with Crippen molar-refractivity contribution >= 4 is 0 Å². The maximum atomic E-state index is 5.21. The van der Waals surface area contributed by atoms with Gasteiger partial charge in [-0.2, -0.15) is 0 Å². The number of rotatable bonds is 2. The van der Waals surface area contributed by atoms with Crippen molar-refractivity contribution in [1.82, 2.24) is 10.9 Å². The van der Waals surface area contributed by atoms with E-state index in [0.29, 0.717) is 12.0 Å². The van der Waals surface area contributed by atoms with Gasteiger partial charge in [0.25, 0.3) is 0 Å². The summed E-state index contributed by atoms with van der Waals surface area (Å²) in [6.07, 6.45) is 0. The zero-order valence-electron chi connectivity index (χ0n) is 8.58. The Hall–Kier alpha value is -1.06. The van der Waals surface area contributed by atoms with Crippen LogP contribution in [0.3, 0.4) is 0 Å². The van der Waals surface area contributed by atoms with Crippen LogP contribution in [0, 0.1) is 0 Å². The Morgan fingerprint density at radius 1 is 1.43 bits per heavy atom. The smallest absolute Gasteiger partial charge is 0.119 e. The van der Waals surface area contributed by atoms with Gasteiger partial charge in [-0.3, -0.25) is 10.9 Å². The molecule has 1 aromatic carbocycles. The van der Waals surface area contributed by atoms with E-state index in [1.807, 2.05) is 12.1 Å². The van der Waals surface area contributed by atoms with Crippen LogP contribution in [0.5, 0.6) is 5.75 Å². The molecule has 0 aliphatic carbocycles. The third kappa shape index (κ3) is 1.74. The second-order valence-corrected chi connectivity index (χ2v) is 3.70. The molecule has 3 nitrogen and oxygen atoms in total. The number of hydrogen-bond donors (Lipinski definition) is 2. The van der Waals surface area contributed by atoms with Gasteiger partial charge in [-0.05, 0) is 24.6 Å². The normalized spacial score (nSPS) is 26.4. The van der Waals surface area contributed by atoms with Gasteiger partial charge < -0.3 is 4.74 Å². The van der Waals surface area contributed by atoms with Gasteiger partial charge in [0.1, 0.15) is 5.75 Å². The molecule has 0 bridgehead atoms. The maximum absolute atomic E-state index is 5.21. The average molecular weight is 192 g/mol. The lowest BCUT2D eigenvalue weighted by molar-refractivity contribution is 0.413. The van der Waals surface area contributed by atoms with Crippen molar-refractivity contribution in [2.24, 2.45) is 0 Å². The summed E-state index contributed by atoms with van der Waals surface area (Å²) in [5, 5.41) is 0. The van der Waals surface area contributed by atoms with Gasteiger partial charge in [0.05, 0.1) is 7.11 Å². The summed E-state index contributed by atoms with van der Waals surface area (Å²) in [5.41, 5.74) is 7.71. The Morgan fingerprint density at radius 2 is 2.29 bits per heavy atom. The van der Waals surface area contributed by atoms with Crippen LogP contribution >= 0.6 is 0 Å². The molecule has 0 saturated carbocycles. The van der Waals surface area contributed by atoms with Crippen LogP contribution < -0.4 is 15.6 Å². The summed E-state index contributed by atoms with van der Waals surface area (Å²) < 4.78 is 5.21. The van der Waals surface area contributed by atoms with Crippen LogP contribution in [0.15, 0.2) is 24.3 Å². The summed E-state index contributed by atoms with van der Waals surface area (Å²) in [6.45, 7) is 3.17. The lowest BCUT2D eigenvalue weighted by atomic mass is 9.94. The first-order chi connectivity index (χ1) is 6.81. The van der Waals surface area contributed by atoms with Gasteiger partial charge in [0, 0.05) is 18.5 Å². The summed E-state index contributed by atoms with van der Waals surface area (Å²) in [7, 11) is 1.70. The third-order valence-electron chi connectivity index (χ3n) is 2.78. The zero-order chi connectivity index (χ0) is 9.97. The fraction of sp³-hybridized carbons (Fsp3) is 0.455. The monoisotopic (exact) mass is 192 g/mol. The van der Waals surface area contributed by atoms with Gasteiger partial charge in [0.15, 0.2) is 0 Å². The van der Waals surface area contributed by atoms with Crippen molar-refractivity contribution < 1.29 is 4.74 Å². The quantitative estimate of drug-likeness (QED) is 0.740. The van der Waals surface area contributed by atoms with E-state index >= 15 is 0 Å². The highest BCUT2D eigenvalue weighted by Gasteiger charge is 2.24. The molecule has 0 radical (unpaired) electrons. The maximum Gasteiger partial charge on any atom is 0.119 e. The Labute approximate surface area is 84.4 Å². The van der Waals surface area contributed by atoms with Crippen molar-refractivity contribution in [2.75, 3.05) is 13.7 Å². The summed E-state index contributed by atoms with van der Waals surface area (Å²) in [6, 6.07) is 8.75. The van der Waals surface area contributed by atoms with Crippen LogP contribution in [0.4, 0.5) is 0 Å². The summed E-state index contributed by atoms with van der Waals surface area (Å²) in [4.78, 5) is 0. The SMILES string of the molecule is COc1cccc(C2CNNC2C)c1. The van der Waals surface area contributed by atoms with Gasteiger partial charge in [-0.1, -0.05) is 12.1 Å². The molecule has 0 spiro atoms. The lowest BCUT2D eigenvalue weighted by Crippen LogP contribution is -2.28.